The minimum absolute atomic E-state index is 0.146. The number of amides is 2. The molecule has 1 heterocycles. The largest absolute Gasteiger partial charge is 0.295 e. The molecule has 10 heteroatoms. The third-order valence-electron chi connectivity index (χ3n) is 5.42. The van der Waals surface area contributed by atoms with E-state index in [9.17, 15) is 14.4 Å². The number of ketones is 1. The number of fused-ring (bicyclic) bond motifs is 5. The zero-order chi connectivity index (χ0) is 20.1. The van der Waals surface area contributed by atoms with Crippen molar-refractivity contribution in [2.75, 3.05) is 4.90 Å². The van der Waals surface area contributed by atoms with Crippen LogP contribution in [0.1, 0.15) is 17.3 Å². The molecule has 2 fully saturated rings. The lowest BCUT2D eigenvalue weighted by Crippen LogP contribution is -2.50. The SMILES string of the molecule is CC(=O)c1cccc(N2C(=O)[C@H]3[C@H](C2=O)[C@]2(Cl)C(Cl)=C(Cl)[C@]3(Cl)C2(Cl)Cl)c1. The zero-order valence-electron chi connectivity index (χ0n) is 13.4. The summed E-state index contributed by atoms with van der Waals surface area (Å²) in [6.45, 7) is 1.38. The predicted molar refractivity (Wildman–Crippen MR) is 106 cm³/mol. The molecule has 0 spiro atoms. The van der Waals surface area contributed by atoms with Gasteiger partial charge in [-0.05, 0) is 19.1 Å². The fourth-order valence-electron chi connectivity index (χ4n) is 4.11. The Morgan fingerprint density at radius 3 is 1.89 bits per heavy atom. The van der Waals surface area contributed by atoms with E-state index in [4.69, 9.17) is 69.6 Å². The number of allylic oxidation sites excluding steroid dienone is 2. The van der Waals surface area contributed by atoms with Gasteiger partial charge in [-0.2, -0.15) is 0 Å². The number of Topliss-reactive ketones (excluding diaryl/α,β-unsaturated/α-hetero) is 1. The second-order valence-electron chi connectivity index (χ2n) is 6.70. The Morgan fingerprint density at radius 1 is 0.963 bits per heavy atom. The number of hydrogen-bond acceptors (Lipinski definition) is 3. The first-order chi connectivity index (χ1) is 12.4. The molecule has 3 aliphatic rings. The van der Waals surface area contributed by atoms with Crippen LogP contribution in [0, 0.1) is 11.8 Å². The van der Waals surface area contributed by atoms with E-state index < -0.39 is 37.7 Å². The fraction of sp³-hybridized carbons (Fsp3) is 0.353. The number of rotatable bonds is 2. The number of carbonyl (C=O) groups is 3. The average molecular weight is 488 g/mol. The first-order valence-electron chi connectivity index (χ1n) is 7.73. The molecule has 0 N–H and O–H groups in total. The van der Waals surface area contributed by atoms with E-state index in [0.717, 1.165) is 4.90 Å². The lowest BCUT2D eigenvalue weighted by atomic mass is 9.84. The summed E-state index contributed by atoms with van der Waals surface area (Å²) in [7, 11) is 0. The first kappa shape index (κ1) is 19.8. The Bertz CT molecular complexity index is 929. The van der Waals surface area contributed by atoms with Gasteiger partial charge in [0, 0.05) is 5.56 Å². The Labute approximate surface area is 184 Å². The van der Waals surface area contributed by atoms with Gasteiger partial charge in [0.1, 0.15) is 9.75 Å². The van der Waals surface area contributed by atoms with E-state index in [0.29, 0.717) is 5.56 Å². The van der Waals surface area contributed by atoms with Crippen LogP contribution in [0.4, 0.5) is 5.69 Å². The highest BCUT2D eigenvalue weighted by molar-refractivity contribution is 6.67. The normalized spacial score (nSPS) is 36.6. The highest BCUT2D eigenvalue weighted by atomic mass is 35.5. The van der Waals surface area contributed by atoms with Gasteiger partial charge >= 0.3 is 0 Å². The molecular weight excluding hydrogens is 479 g/mol. The summed E-state index contributed by atoms with van der Waals surface area (Å²) in [6.07, 6.45) is 0. The van der Waals surface area contributed by atoms with Crippen molar-refractivity contribution in [3.05, 3.63) is 39.9 Å². The lowest BCUT2D eigenvalue weighted by Gasteiger charge is -2.34. The average Bonchev–Trinajstić information content (AvgIpc) is 2.99. The summed E-state index contributed by atoms with van der Waals surface area (Å²) in [5, 5.41) is -0.292. The maximum atomic E-state index is 13.2. The van der Waals surface area contributed by atoms with Gasteiger partial charge in [-0.15, -0.1) is 23.2 Å². The second-order valence-corrected chi connectivity index (χ2v) is 9.98. The topological polar surface area (TPSA) is 54.5 Å². The second kappa shape index (κ2) is 5.78. The summed E-state index contributed by atoms with van der Waals surface area (Å²) < 4.78 is -1.97. The number of anilines is 1. The van der Waals surface area contributed by atoms with Gasteiger partial charge in [0.05, 0.1) is 27.6 Å². The van der Waals surface area contributed by atoms with Crippen LogP contribution in [-0.4, -0.2) is 31.7 Å². The van der Waals surface area contributed by atoms with Crippen LogP contribution in [-0.2, 0) is 9.59 Å². The third kappa shape index (κ3) is 2.02. The molecule has 1 saturated carbocycles. The predicted octanol–water partition coefficient (Wildman–Crippen LogP) is 4.84. The van der Waals surface area contributed by atoms with E-state index >= 15 is 0 Å². The summed E-state index contributed by atoms with van der Waals surface area (Å²) in [6, 6.07) is 6.10. The monoisotopic (exact) mass is 485 g/mol. The van der Waals surface area contributed by atoms with Crippen molar-refractivity contribution in [2.24, 2.45) is 11.8 Å². The summed E-state index contributed by atoms with van der Waals surface area (Å²) >= 11 is 38.6. The number of halogens is 6. The minimum atomic E-state index is -1.97. The first-order valence-corrected chi connectivity index (χ1v) is 9.99. The van der Waals surface area contributed by atoms with Crippen LogP contribution in [0.15, 0.2) is 34.3 Å². The van der Waals surface area contributed by atoms with Crippen molar-refractivity contribution < 1.29 is 14.4 Å². The van der Waals surface area contributed by atoms with Crippen LogP contribution in [0.5, 0.6) is 0 Å². The number of hydrogen-bond donors (Lipinski definition) is 0. The van der Waals surface area contributed by atoms with Gasteiger partial charge in [0.2, 0.25) is 11.8 Å². The molecule has 1 aromatic carbocycles. The van der Waals surface area contributed by atoms with E-state index in [1.165, 1.54) is 19.1 Å². The number of carbonyl (C=O) groups excluding carboxylic acids is 3. The lowest BCUT2D eigenvalue weighted by molar-refractivity contribution is -0.123. The minimum Gasteiger partial charge on any atom is -0.295 e. The van der Waals surface area contributed by atoms with E-state index in [1.54, 1.807) is 12.1 Å². The van der Waals surface area contributed by atoms with Gasteiger partial charge in [-0.1, -0.05) is 58.5 Å². The highest BCUT2D eigenvalue weighted by Gasteiger charge is 2.87. The maximum Gasteiger partial charge on any atom is 0.240 e. The van der Waals surface area contributed by atoms with Crippen LogP contribution in [0.2, 0.25) is 0 Å². The van der Waals surface area contributed by atoms with Crippen LogP contribution in [0.25, 0.3) is 0 Å². The van der Waals surface area contributed by atoms with Crippen molar-refractivity contribution in [1.82, 2.24) is 0 Å². The summed E-state index contributed by atoms with van der Waals surface area (Å²) in [4.78, 5) is 35.3. The number of alkyl halides is 4. The van der Waals surface area contributed by atoms with Gasteiger partial charge in [-0.3, -0.25) is 14.4 Å². The molecule has 27 heavy (non-hydrogen) atoms. The molecule has 0 radical (unpaired) electrons. The van der Waals surface area contributed by atoms with Crippen molar-refractivity contribution in [3.8, 4) is 0 Å². The molecule has 2 aliphatic carbocycles. The molecular formula is C17H9Cl6NO3. The van der Waals surface area contributed by atoms with Gasteiger partial charge in [0.15, 0.2) is 10.1 Å². The maximum absolute atomic E-state index is 13.2. The van der Waals surface area contributed by atoms with Crippen molar-refractivity contribution in [3.63, 3.8) is 0 Å². The molecule has 1 aliphatic heterocycles. The molecule has 1 aromatic rings. The third-order valence-corrected chi connectivity index (χ3v) is 9.68. The summed E-state index contributed by atoms with van der Waals surface area (Å²) in [5.41, 5.74) is 0.557. The van der Waals surface area contributed by atoms with Crippen LogP contribution in [0.3, 0.4) is 0 Å². The molecule has 4 atom stereocenters. The van der Waals surface area contributed by atoms with Gasteiger partial charge < -0.3 is 0 Å². The summed E-state index contributed by atoms with van der Waals surface area (Å²) in [5.74, 6) is -3.93. The Morgan fingerprint density at radius 2 is 1.44 bits per heavy atom. The zero-order valence-corrected chi connectivity index (χ0v) is 17.9. The van der Waals surface area contributed by atoms with Crippen molar-refractivity contribution in [2.45, 2.75) is 21.0 Å². The van der Waals surface area contributed by atoms with E-state index in [-0.39, 0.29) is 21.5 Å². The highest BCUT2D eigenvalue weighted by Crippen LogP contribution is 2.77. The number of benzene rings is 1. The number of imide groups is 1. The molecule has 0 unspecified atom stereocenters. The standard InChI is InChI=1S/C17H9Cl6NO3/c1-6(25)7-3-2-4-8(5-7)24-13(26)9-10(14(24)27)16(21)12(19)11(18)15(9,20)17(16,22)23/h2-5,9-10H,1H3/t9-,10-,15+,16+/m1/s1. The molecule has 0 aromatic heterocycles. The fourth-order valence-corrected chi connectivity index (χ4v) is 7.04. The molecule has 142 valence electrons. The smallest absolute Gasteiger partial charge is 0.240 e. The van der Waals surface area contributed by atoms with Crippen LogP contribution < -0.4 is 4.90 Å². The van der Waals surface area contributed by atoms with Gasteiger partial charge in [-0.25, -0.2) is 4.90 Å². The Kier molecular flexibility index (Phi) is 4.24. The van der Waals surface area contributed by atoms with Crippen molar-refractivity contribution >= 4 is 92.9 Å². The molecule has 4 nitrogen and oxygen atoms in total. The molecule has 4 rings (SSSR count). The van der Waals surface area contributed by atoms with Gasteiger partial charge in [0.25, 0.3) is 0 Å². The quantitative estimate of drug-likeness (QED) is 0.341. The van der Waals surface area contributed by atoms with E-state index in [2.05, 4.69) is 0 Å². The molecule has 1 saturated heterocycles. The number of nitrogens with zero attached hydrogens (tertiary/aromatic N) is 1. The van der Waals surface area contributed by atoms with Crippen LogP contribution >= 0.6 is 69.6 Å². The Balaban J connectivity index is 1.89. The van der Waals surface area contributed by atoms with E-state index in [1.807, 2.05) is 0 Å². The van der Waals surface area contributed by atoms with Crippen molar-refractivity contribution in [1.29, 1.82) is 0 Å². The molecule has 2 bridgehead atoms. The molecule has 2 amide bonds. The Hall–Kier alpha value is -0.490.